The molecule has 4 heteroatoms. The van der Waals surface area contributed by atoms with Crippen LogP contribution in [0, 0.1) is 11.3 Å². The number of amides is 1. The summed E-state index contributed by atoms with van der Waals surface area (Å²) in [6.45, 7) is 2.68. The summed E-state index contributed by atoms with van der Waals surface area (Å²) in [4.78, 5) is 15.9. The maximum absolute atomic E-state index is 12.7. The highest BCUT2D eigenvalue weighted by Crippen LogP contribution is 2.39. The van der Waals surface area contributed by atoms with Gasteiger partial charge in [0.1, 0.15) is 0 Å². The number of aromatic nitrogens is 1. The molecule has 0 unspecified atom stereocenters. The number of benzene rings is 1. The number of hydrogen-bond donors (Lipinski definition) is 3. The van der Waals surface area contributed by atoms with Crippen LogP contribution in [-0.2, 0) is 4.79 Å². The molecule has 112 valence electrons. The smallest absolute Gasteiger partial charge is 0.231 e. The van der Waals surface area contributed by atoms with Crippen LogP contribution >= 0.6 is 0 Å². The first kappa shape index (κ1) is 14.1. The second-order valence-electron chi connectivity index (χ2n) is 6.40. The van der Waals surface area contributed by atoms with E-state index in [2.05, 4.69) is 17.2 Å². The van der Waals surface area contributed by atoms with Gasteiger partial charge in [-0.1, -0.05) is 6.92 Å². The SMILES string of the molecule is CC1CCC(CN)(C(=O)Nc2ccc3[nH]ccc3c2)CC1. The number of aromatic amines is 1. The first-order chi connectivity index (χ1) is 10.1. The van der Waals surface area contributed by atoms with Crippen LogP contribution in [0.1, 0.15) is 32.6 Å². The van der Waals surface area contributed by atoms with E-state index in [1.807, 2.05) is 30.5 Å². The van der Waals surface area contributed by atoms with Crippen LogP contribution in [-0.4, -0.2) is 17.4 Å². The zero-order valence-corrected chi connectivity index (χ0v) is 12.5. The van der Waals surface area contributed by atoms with E-state index < -0.39 is 0 Å². The Kier molecular flexibility index (Phi) is 3.72. The number of carbonyl (C=O) groups excluding carboxylic acids is 1. The van der Waals surface area contributed by atoms with Gasteiger partial charge < -0.3 is 16.0 Å². The number of nitrogens with two attached hydrogens (primary N) is 1. The van der Waals surface area contributed by atoms with Crippen molar-refractivity contribution < 1.29 is 4.79 Å². The molecular weight excluding hydrogens is 262 g/mol. The maximum atomic E-state index is 12.7. The molecule has 2 aromatic rings. The highest BCUT2D eigenvalue weighted by Gasteiger charge is 2.39. The van der Waals surface area contributed by atoms with E-state index >= 15 is 0 Å². The van der Waals surface area contributed by atoms with E-state index in [1.54, 1.807) is 0 Å². The topological polar surface area (TPSA) is 70.9 Å². The normalized spacial score (nSPS) is 25.9. The maximum Gasteiger partial charge on any atom is 0.231 e. The molecule has 1 saturated carbocycles. The van der Waals surface area contributed by atoms with E-state index in [1.165, 1.54) is 0 Å². The predicted molar refractivity (Wildman–Crippen MR) is 86.0 cm³/mol. The number of carbonyl (C=O) groups is 1. The van der Waals surface area contributed by atoms with Gasteiger partial charge in [-0.2, -0.15) is 0 Å². The summed E-state index contributed by atoms with van der Waals surface area (Å²) in [5.74, 6) is 0.778. The van der Waals surface area contributed by atoms with Crippen LogP contribution in [0.15, 0.2) is 30.5 Å². The van der Waals surface area contributed by atoms with Crippen molar-refractivity contribution in [2.45, 2.75) is 32.6 Å². The van der Waals surface area contributed by atoms with Crippen LogP contribution in [0.5, 0.6) is 0 Å². The van der Waals surface area contributed by atoms with E-state index in [0.29, 0.717) is 12.5 Å². The molecule has 0 atom stereocenters. The fourth-order valence-corrected chi connectivity index (χ4v) is 3.23. The minimum Gasteiger partial charge on any atom is -0.361 e. The third kappa shape index (κ3) is 2.68. The Hall–Kier alpha value is -1.81. The average molecular weight is 285 g/mol. The van der Waals surface area contributed by atoms with Crippen LogP contribution < -0.4 is 11.1 Å². The summed E-state index contributed by atoms with van der Waals surface area (Å²) in [5, 5.41) is 4.17. The van der Waals surface area contributed by atoms with Gasteiger partial charge in [0.2, 0.25) is 5.91 Å². The van der Waals surface area contributed by atoms with Crippen LogP contribution in [0.2, 0.25) is 0 Å². The molecule has 1 aromatic heterocycles. The van der Waals surface area contributed by atoms with E-state index in [4.69, 9.17) is 5.73 Å². The van der Waals surface area contributed by atoms with E-state index in [9.17, 15) is 4.79 Å². The van der Waals surface area contributed by atoms with Crippen molar-refractivity contribution in [3.8, 4) is 0 Å². The first-order valence-electron chi connectivity index (χ1n) is 7.72. The van der Waals surface area contributed by atoms with Gasteiger partial charge in [-0.15, -0.1) is 0 Å². The predicted octanol–water partition coefficient (Wildman–Crippen LogP) is 3.26. The van der Waals surface area contributed by atoms with Gasteiger partial charge in [0, 0.05) is 29.3 Å². The Morgan fingerprint density at radius 1 is 1.38 bits per heavy atom. The third-order valence-electron chi connectivity index (χ3n) is 4.91. The highest BCUT2D eigenvalue weighted by atomic mass is 16.2. The molecule has 0 aliphatic heterocycles. The largest absolute Gasteiger partial charge is 0.361 e. The van der Waals surface area contributed by atoms with Gasteiger partial charge in [0.15, 0.2) is 0 Å². The third-order valence-corrected chi connectivity index (χ3v) is 4.91. The van der Waals surface area contributed by atoms with Gasteiger partial charge >= 0.3 is 0 Å². The number of fused-ring (bicyclic) bond motifs is 1. The molecule has 0 saturated heterocycles. The Morgan fingerprint density at radius 3 is 2.86 bits per heavy atom. The van der Waals surface area contributed by atoms with Crippen molar-refractivity contribution in [3.05, 3.63) is 30.5 Å². The quantitative estimate of drug-likeness (QED) is 0.810. The van der Waals surface area contributed by atoms with Crippen LogP contribution in [0.3, 0.4) is 0 Å². The number of hydrogen-bond acceptors (Lipinski definition) is 2. The van der Waals surface area contributed by atoms with Gasteiger partial charge in [-0.3, -0.25) is 4.79 Å². The second kappa shape index (κ2) is 5.53. The summed E-state index contributed by atoms with van der Waals surface area (Å²) in [6, 6.07) is 7.93. The monoisotopic (exact) mass is 285 g/mol. The van der Waals surface area contributed by atoms with Crippen molar-refractivity contribution in [1.82, 2.24) is 4.98 Å². The van der Waals surface area contributed by atoms with E-state index in [-0.39, 0.29) is 11.3 Å². The van der Waals surface area contributed by atoms with Crippen LogP contribution in [0.4, 0.5) is 5.69 Å². The molecule has 1 amide bonds. The molecule has 1 aliphatic rings. The molecule has 1 fully saturated rings. The molecular formula is C17H23N3O. The van der Waals surface area contributed by atoms with Crippen LogP contribution in [0.25, 0.3) is 10.9 Å². The Labute approximate surface area is 125 Å². The average Bonchev–Trinajstić information content (AvgIpc) is 2.96. The van der Waals surface area contributed by atoms with Crippen molar-refractivity contribution in [1.29, 1.82) is 0 Å². The Bertz CT molecular complexity index is 638. The van der Waals surface area contributed by atoms with Gasteiger partial charge in [0.25, 0.3) is 0 Å². The van der Waals surface area contributed by atoms with E-state index in [0.717, 1.165) is 42.3 Å². The highest BCUT2D eigenvalue weighted by molar-refractivity contribution is 5.97. The molecule has 21 heavy (non-hydrogen) atoms. The molecule has 4 N–H and O–H groups in total. The lowest BCUT2D eigenvalue weighted by Crippen LogP contribution is -2.44. The zero-order valence-electron chi connectivity index (χ0n) is 12.5. The molecule has 0 bridgehead atoms. The molecule has 0 radical (unpaired) electrons. The van der Waals surface area contributed by atoms with Crippen molar-refractivity contribution in [3.63, 3.8) is 0 Å². The molecule has 1 heterocycles. The second-order valence-corrected chi connectivity index (χ2v) is 6.40. The summed E-state index contributed by atoms with van der Waals surface area (Å²) in [5.41, 5.74) is 7.48. The molecule has 4 nitrogen and oxygen atoms in total. The van der Waals surface area contributed by atoms with Crippen molar-refractivity contribution >= 4 is 22.5 Å². The van der Waals surface area contributed by atoms with Gasteiger partial charge in [0.05, 0.1) is 5.41 Å². The minimum atomic E-state index is -0.389. The summed E-state index contributed by atoms with van der Waals surface area (Å²) in [7, 11) is 0. The first-order valence-corrected chi connectivity index (χ1v) is 7.72. The van der Waals surface area contributed by atoms with Gasteiger partial charge in [-0.25, -0.2) is 0 Å². The number of anilines is 1. The molecule has 1 aliphatic carbocycles. The lowest BCUT2D eigenvalue weighted by atomic mass is 9.70. The lowest BCUT2D eigenvalue weighted by molar-refractivity contribution is -0.127. The number of rotatable bonds is 3. The fraction of sp³-hybridized carbons (Fsp3) is 0.471. The fourth-order valence-electron chi connectivity index (χ4n) is 3.23. The number of nitrogens with one attached hydrogen (secondary N) is 2. The zero-order chi connectivity index (χ0) is 14.9. The Morgan fingerprint density at radius 2 is 2.14 bits per heavy atom. The lowest BCUT2D eigenvalue weighted by Gasteiger charge is -2.37. The van der Waals surface area contributed by atoms with Crippen molar-refractivity contribution in [2.75, 3.05) is 11.9 Å². The number of H-pyrrole nitrogens is 1. The van der Waals surface area contributed by atoms with Crippen molar-refractivity contribution in [2.24, 2.45) is 17.1 Å². The molecule has 1 aromatic carbocycles. The summed E-state index contributed by atoms with van der Waals surface area (Å²) >= 11 is 0. The summed E-state index contributed by atoms with van der Waals surface area (Å²) < 4.78 is 0. The minimum absolute atomic E-state index is 0.0757. The molecule has 0 spiro atoms. The molecule has 3 rings (SSSR count). The standard InChI is InChI=1S/C17H23N3O/c1-12-4-7-17(11-18,8-5-12)16(21)20-14-2-3-15-13(10-14)6-9-19-15/h2-3,6,9-10,12,19H,4-5,7-8,11,18H2,1H3,(H,20,21). The Balaban J connectivity index is 1.77. The van der Waals surface area contributed by atoms with Gasteiger partial charge in [-0.05, 0) is 55.9 Å². The summed E-state index contributed by atoms with van der Waals surface area (Å²) in [6.07, 6.45) is 5.86.